The second-order valence-corrected chi connectivity index (χ2v) is 8.73. The number of methoxy groups -OCH3 is 1. The van der Waals surface area contributed by atoms with E-state index >= 15 is 0 Å². The minimum atomic E-state index is -0.851. The lowest BCUT2D eigenvalue weighted by Gasteiger charge is -2.23. The van der Waals surface area contributed by atoms with Crippen LogP contribution in [0.3, 0.4) is 0 Å². The first kappa shape index (κ1) is 24.5. The molecule has 0 spiro atoms. The highest BCUT2D eigenvalue weighted by Gasteiger charge is 2.27. The molecule has 7 heteroatoms. The van der Waals surface area contributed by atoms with Gasteiger partial charge >= 0.3 is 11.9 Å². The number of esters is 2. The number of nitrogens with one attached hydrogen (secondary N) is 2. The Kier molecular flexibility index (Phi) is 7.36. The maximum absolute atomic E-state index is 12.9. The fourth-order valence-electron chi connectivity index (χ4n) is 3.52. The summed E-state index contributed by atoms with van der Waals surface area (Å²) in [5, 5.41) is 10.8. The van der Waals surface area contributed by atoms with E-state index in [2.05, 4.69) is 5.32 Å². The largest absolute Gasteiger partial charge is 0.467 e. The number of anilines is 1. The lowest BCUT2D eigenvalue weighted by atomic mass is 9.91. The maximum Gasteiger partial charge on any atom is 0.339 e. The molecule has 0 aromatic heterocycles. The molecule has 1 atom stereocenters. The third-order valence-electron chi connectivity index (χ3n) is 5.05. The molecule has 0 aliphatic rings. The molecule has 176 valence electrons. The van der Waals surface area contributed by atoms with Gasteiger partial charge in [-0.05, 0) is 67.8 Å². The summed E-state index contributed by atoms with van der Waals surface area (Å²) in [5.41, 5.74) is 8.51. The molecule has 4 N–H and O–H groups in total. The lowest BCUT2D eigenvalue weighted by Crippen LogP contribution is -2.25. The van der Waals surface area contributed by atoms with E-state index in [4.69, 9.17) is 20.6 Å². The number of amidine groups is 1. The van der Waals surface area contributed by atoms with E-state index in [0.29, 0.717) is 33.5 Å². The number of nitrogens with two attached hydrogens (primary N) is 1. The molecule has 0 fully saturated rings. The van der Waals surface area contributed by atoms with Crippen molar-refractivity contribution < 1.29 is 19.1 Å². The molecule has 7 nitrogen and oxygen atoms in total. The van der Waals surface area contributed by atoms with Crippen LogP contribution in [-0.4, -0.2) is 30.5 Å². The van der Waals surface area contributed by atoms with E-state index in [9.17, 15) is 9.59 Å². The number of carbonyl (C=O) groups is 2. The van der Waals surface area contributed by atoms with Crippen LogP contribution in [-0.2, 0) is 14.3 Å². The van der Waals surface area contributed by atoms with Crippen molar-refractivity contribution in [2.24, 2.45) is 5.73 Å². The number of hydrogen-bond donors (Lipinski definition) is 3. The first-order valence-electron chi connectivity index (χ1n) is 10.8. The molecular formula is C27H29N3O4. The smallest absolute Gasteiger partial charge is 0.339 e. The third-order valence-corrected chi connectivity index (χ3v) is 5.05. The number of nitrogen functional groups attached to an aromatic ring is 1. The van der Waals surface area contributed by atoms with Gasteiger partial charge < -0.3 is 20.5 Å². The average molecular weight is 460 g/mol. The Morgan fingerprint density at radius 3 is 2.09 bits per heavy atom. The van der Waals surface area contributed by atoms with Crippen LogP contribution in [0.4, 0.5) is 5.69 Å². The number of rotatable bonds is 7. The van der Waals surface area contributed by atoms with Crippen molar-refractivity contribution in [2.45, 2.75) is 32.4 Å². The Labute approximate surface area is 199 Å². The molecule has 3 rings (SSSR count). The van der Waals surface area contributed by atoms with Gasteiger partial charge in [-0.1, -0.05) is 42.5 Å². The van der Waals surface area contributed by atoms with Gasteiger partial charge in [0.15, 0.2) is 6.04 Å². The van der Waals surface area contributed by atoms with Gasteiger partial charge in [0.25, 0.3) is 0 Å². The van der Waals surface area contributed by atoms with Crippen molar-refractivity contribution >= 4 is 23.5 Å². The van der Waals surface area contributed by atoms with Crippen LogP contribution < -0.4 is 11.1 Å². The average Bonchev–Trinajstić information content (AvgIpc) is 2.81. The van der Waals surface area contributed by atoms with Crippen LogP contribution in [0.2, 0.25) is 0 Å². The summed E-state index contributed by atoms with van der Waals surface area (Å²) in [6.07, 6.45) is 0. The quantitative estimate of drug-likeness (QED) is 0.262. The standard InChI is InChI=1S/C27H29N3O4/c1-27(2,3)34-25(31)22-12-8-6-10-20(22)19-9-5-7-11-21(19)23(26(32)33-4)30-18-15-13-17(14-16-18)24(28)29/h5-16,23,30H,1-4H3,(H3,28,29). The zero-order valence-electron chi connectivity index (χ0n) is 19.7. The van der Waals surface area contributed by atoms with Gasteiger partial charge in [-0.3, -0.25) is 5.41 Å². The lowest BCUT2D eigenvalue weighted by molar-refractivity contribution is -0.141. The van der Waals surface area contributed by atoms with Crippen molar-refractivity contribution in [2.75, 3.05) is 12.4 Å². The molecule has 0 saturated carbocycles. The normalized spacial score (nSPS) is 11.9. The molecule has 3 aromatic rings. The van der Waals surface area contributed by atoms with Gasteiger partial charge in [-0.25, -0.2) is 9.59 Å². The first-order valence-corrected chi connectivity index (χ1v) is 10.8. The summed E-state index contributed by atoms with van der Waals surface area (Å²) in [6, 6.07) is 20.5. The van der Waals surface area contributed by atoms with E-state index in [1.54, 1.807) is 36.4 Å². The van der Waals surface area contributed by atoms with Crippen molar-refractivity contribution in [3.63, 3.8) is 0 Å². The number of carbonyl (C=O) groups excluding carboxylic acids is 2. The van der Waals surface area contributed by atoms with E-state index in [0.717, 1.165) is 0 Å². The van der Waals surface area contributed by atoms with Crippen LogP contribution in [0.25, 0.3) is 11.1 Å². The minimum absolute atomic E-state index is 0.0415. The van der Waals surface area contributed by atoms with Crippen molar-refractivity contribution in [1.82, 2.24) is 0 Å². The van der Waals surface area contributed by atoms with Gasteiger partial charge in [-0.15, -0.1) is 0 Å². The van der Waals surface area contributed by atoms with Gasteiger partial charge in [0, 0.05) is 11.3 Å². The first-order chi connectivity index (χ1) is 16.1. The predicted molar refractivity (Wildman–Crippen MR) is 133 cm³/mol. The third kappa shape index (κ3) is 5.81. The Bertz CT molecular complexity index is 1200. The molecule has 0 heterocycles. The van der Waals surface area contributed by atoms with Gasteiger partial charge in [0.2, 0.25) is 0 Å². The Hall–Kier alpha value is -4.13. The van der Waals surface area contributed by atoms with Crippen LogP contribution >= 0.6 is 0 Å². The summed E-state index contributed by atoms with van der Waals surface area (Å²) in [6.45, 7) is 5.45. The molecule has 0 amide bonds. The molecule has 0 radical (unpaired) electrons. The highest BCUT2D eigenvalue weighted by Crippen LogP contribution is 2.34. The fourth-order valence-corrected chi connectivity index (χ4v) is 3.52. The Balaban J connectivity index is 2.07. The maximum atomic E-state index is 12.9. The van der Waals surface area contributed by atoms with Crippen LogP contribution in [0.1, 0.15) is 48.3 Å². The summed E-state index contributed by atoms with van der Waals surface area (Å²) in [7, 11) is 1.33. The fraction of sp³-hybridized carbons (Fsp3) is 0.222. The van der Waals surface area contributed by atoms with Crippen LogP contribution in [0, 0.1) is 5.41 Å². The van der Waals surface area contributed by atoms with Crippen molar-refractivity contribution in [1.29, 1.82) is 5.41 Å². The Morgan fingerprint density at radius 2 is 1.50 bits per heavy atom. The van der Waals surface area contributed by atoms with Gasteiger partial charge in [-0.2, -0.15) is 0 Å². The zero-order valence-corrected chi connectivity index (χ0v) is 19.7. The minimum Gasteiger partial charge on any atom is -0.467 e. The number of ether oxygens (including phenoxy) is 2. The Morgan fingerprint density at radius 1 is 0.912 bits per heavy atom. The molecule has 0 saturated heterocycles. The molecule has 1 unspecified atom stereocenters. The number of benzene rings is 3. The SMILES string of the molecule is COC(=O)C(Nc1ccc(C(=N)N)cc1)c1ccccc1-c1ccccc1C(=O)OC(C)(C)C. The predicted octanol–water partition coefficient (Wildman–Crippen LogP) is 4.92. The van der Waals surface area contributed by atoms with E-state index < -0.39 is 23.6 Å². The summed E-state index contributed by atoms with van der Waals surface area (Å²) >= 11 is 0. The monoisotopic (exact) mass is 459 g/mol. The summed E-state index contributed by atoms with van der Waals surface area (Å²) in [4.78, 5) is 25.8. The molecule has 0 aliphatic heterocycles. The van der Waals surface area contributed by atoms with Gasteiger partial charge in [0.05, 0.1) is 12.7 Å². The van der Waals surface area contributed by atoms with E-state index in [1.165, 1.54) is 7.11 Å². The molecule has 0 aliphatic carbocycles. The van der Waals surface area contributed by atoms with E-state index in [-0.39, 0.29) is 5.84 Å². The number of hydrogen-bond acceptors (Lipinski definition) is 6. The second-order valence-electron chi connectivity index (χ2n) is 8.73. The second kappa shape index (κ2) is 10.2. The molecule has 0 bridgehead atoms. The molecule has 34 heavy (non-hydrogen) atoms. The van der Waals surface area contributed by atoms with E-state index in [1.807, 2.05) is 57.2 Å². The topological polar surface area (TPSA) is 115 Å². The highest BCUT2D eigenvalue weighted by molar-refractivity contribution is 5.99. The van der Waals surface area contributed by atoms with Crippen molar-refractivity contribution in [3.8, 4) is 11.1 Å². The molecule has 3 aromatic carbocycles. The summed E-state index contributed by atoms with van der Waals surface area (Å²) < 4.78 is 10.7. The summed E-state index contributed by atoms with van der Waals surface area (Å²) in [5.74, 6) is -0.974. The van der Waals surface area contributed by atoms with Crippen LogP contribution in [0.5, 0.6) is 0 Å². The molecular weight excluding hydrogens is 430 g/mol. The van der Waals surface area contributed by atoms with Crippen molar-refractivity contribution in [3.05, 3.63) is 89.5 Å². The van der Waals surface area contributed by atoms with Crippen LogP contribution in [0.15, 0.2) is 72.8 Å². The highest BCUT2D eigenvalue weighted by atomic mass is 16.6. The van der Waals surface area contributed by atoms with Gasteiger partial charge in [0.1, 0.15) is 11.4 Å². The zero-order chi connectivity index (χ0) is 24.9.